The van der Waals surface area contributed by atoms with Crippen molar-refractivity contribution in [3.63, 3.8) is 0 Å². The Balaban J connectivity index is 5.02. The maximum atomic E-state index is 11.4. The van der Waals surface area contributed by atoms with Crippen LogP contribution in [0.15, 0.2) is 0 Å². The zero-order valence-corrected chi connectivity index (χ0v) is 10.2. The predicted octanol–water partition coefficient (Wildman–Crippen LogP) is 1.74. The van der Waals surface area contributed by atoms with Gasteiger partial charge in [0.25, 0.3) is 0 Å². The van der Waals surface area contributed by atoms with Gasteiger partial charge in [0.2, 0.25) is 5.91 Å². The van der Waals surface area contributed by atoms with Crippen molar-refractivity contribution in [3.05, 3.63) is 0 Å². The second kappa shape index (κ2) is 5.14. The molecule has 0 saturated heterocycles. The van der Waals surface area contributed by atoms with Crippen LogP contribution in [0.4, 0.5) is 0 Å². The van der Waals surface area contributed by atoms with Crippen LogP contribution in [0.1, 0.15) is 41.0 Å². The molecule has 1 unspecified atom stereocenters. The Labute approximate surface area is 91.3 Å². The highest BCUT2D eigenvalue weighted by Crippen LogP contribution is 2.25. The predicted molar refractivity (Wildman–Crippen MR) is 58.6 cm³/mol. The van der Waals surface area contributed by atoms with Crippen molar-refractivity contribution in [1.82, 2.24) is 4.90 Å². The van der Waals surface area contributed by atoms with Gasteiger partial charge in [-0.15, -0.1) is 0 Å². The minimum Gasteiger partial charge on any atom is -0.480 e. The van der Waals surface area contributed by atoms with E-state index < -0.39 is 17.4 Å². The van der Waals surface area contributed by atoms with E-state index in [0.717, 1.165) is 6.42 Å². The number of amides is 1. The van der Waals surface area contributed by atoms with Crippen molar-refractivity contribution in [2.45, 2.75) is 47.1 Å². The van der Waals surface area contributed by atoms with Gasteiger partial charge >= 0.3 is 5.97 Å². The summed E-state index contributed by atoms with van der Waals surface area (Å²) in [5.41, 5.74) is -0.452. The zero-order valence-electron chi connectivity index (χ0n) is 10.2. The molecule has 0 heterocycles. The van der Waals surface area contributed by atoms with Crippen LogP contribution in [0.5, 0.6) is 0 Å². The van der Waals surface area contributed by atoms with Crippen molar-refractivity contribution in [3.8, 4) is 0 Å². The van der Waals surface area contributed by atoms with Crippen LogP contribution in [0.3, 0.4) is 0 Å². The Kier molecular flexibility index (Phi) is 4.78. The molecule has 0 spiro atoms. The number of carboxylic acid groups (broad SMARTS) is 1. The summed E-state index contributed by atoms with van der Waals surface area (Å²) in [5, 5.41) is 9.16. The van der Waals surface area contributed by atoms with Crippen LogP contribution >= 0.6 is 0 Å². The third kappa shape index (κ3) is 3.90. The lowest BCUT2D eigenvalue weighted by Gasteiger charge is -2.36. The quantitative estimate of drug-likeness (QED) is 0.777. The summed E-state index contributed by atoms with van der Waals surface area (Å²) in [6.07, 6.45) is 0.763. The SMILES string of the molecule is CCCN(C(C)=O)C(C(=O)O)C(C)(C)C. The Morgan fingerprint density at radius 3 is 2.00 bits per heavy atom. The molecule has 0 aliphatic heterocycles. The lowest BCUT2D eigenvalue weighted by molar-refractivity contribution is -0.154. The van der Waals surface area contributed by atoms with E-state index in [1.807, 2.05) is 27.7 Å². The normalized spacial score (nSPS) is 13.4. The lowest BCUT2D eigenvalue weighted by Crippen LogP contribution is -2.51. The summed E-state index contributed by atoms with van der Waals surface area (Å²) in [4.78, 5) is 24.0. The summed E-state index contributed by atoms with van der Waals surface area (Å²) >= 11 is 0. The molecule has 88 valence electrons. The number of carbonyl (C=O) groups is 2. The fourth-order valence-electron chi connectivity index (χ4n) is 1.68. The number of aliphatic carboxylic acids is 1. The summed E-state index contributed by atoms with van der Waals surface area (Å²) in [6.45, 7) is 9.32. The van der Waals surface area contributed by atoms with E-state index >= 15 is 0 Å². The van der Waals surface area contributed by atoms with Gasteiger partial charge in [0.05, 0.1) is 0 Å². The number of hydrogen-bond donors (Lipinski definition) is 1. The fourth-order valence-corrected chi connectivity index (χ4v) is 1.68. The third-order valence-electron chi connectivity index (χ3n) is 2.23. The van der Waals surface area contributed by atoms with Crippen LogP contribution in [0, 0.1) is 5.41 Å². The molecule has 1 atom stereocenters. The fraction of sp³-hybridized carbons (Fsp3) is 0.818. The maximum Gasteiger partial charge on any atom is 0.326 e. The van der Waals surface area contributed by atoms with Gasteiger partial charge in [-0.3, -0.25) is 4.79 Å². The molecule has 4 heteroatoms. The molecule has 0 rings (SSSR count). The minimum absolute atomic E-state index is 0.181. The molecule has 0 saturated carbocycles. The van der Waals surface area contributed by atoms with Gasteiger partial charge in [0, 0.05) is 13.5 Å². The van der Waals surface area contributed by atoms with Gasteiger partial charge in [-0.05, 0) is 11.8 Å². The van der Waals surface area contributed by atoms with Crippen molar-refractivity contribution in [2.24, 2.45) is 5.41 Å². The standard InChI is InChI=1S/C11H21NO3/c1-6-7-12(8(2)13)9(10(14)15)11(3,4)5/h9H,6-7H2,1-5H3,(H,14,15). The third-order valence-corrected chi connectivity index (χ3v) is 2.23. The van der Waals surface area contributed by atoms with E-state index in [4.69, 9.17) is 5.11 Å². The molecule has 15 heavy (non-hydrogen) atoms. The average Bonchev–Trinajstić information content (AvgIpc) is 1.99. The Hall–Kier alpha value is -1.06. The largest absolute Gasteiger partial charge is 0.480 e. The second-order valence-electron chi connectivity index (χ2n) is 4.82. The number of hydrogen-bond acceptors (Lipinski definition) is 2. The van der Waals surface area contributed by atoms with Gasteiger partial charge < -0.3 is 10.0 Å². The van der Waals surface area contributed by atoms with Crippen molar-refractivity contribution in [2.75, 3.05) is 6.54 Å². The van der Waals surface area contributed by atoms with Crippen LogP contribution < -0.4 is 0 Å². The van der Waals surface area contributed by atoms with Gasteiger partial charge in [0.1, 0.15) is 6.04 Å². The molecular weight excluding hydrogens is 194 g/mol. The molecular formula is C11H21NO3. The van der Waals surface area contributed by atoms with Gasteiger partial charge in [0.15, 0.2) is 0 Å². The molecule has 0 aromatic heterocycles. The first-order chi connectivity index (χ1) is 6.71. The molecule has 4 nitrogen and oxygen atoms in total. The first-order valence-corrected chi connectivity index (χ1v) is 5.21. The Morgan fingerprint density at radius 1 is 1.33 bits per heavy atom. The van der Waals surface area contributed by atoms with Crippen molar-refractivity contribution in [1.29, 1.82) is 0 Å². The van der Waals surface area contributed by atoms with E-state index in [-0.39, 0.29) is 5.91 Å². The Morgan fingerprint density at radius 2 is 1.80 bits per heavy atom. The highest BCUT2D eigenvalue weighted by Gasteiger charge is 2.37. The summed E-state index contributed by atoms with van der Waals surface area (Å²) in [6, 6.07) is -0.755. The zero-order chi connectivity index (χ0) is 12.2. The molecule has 0 aliphatic carbocycles. The van der Waals surface area contributed by atoms with Crippen LogP contribution in [0.25, 0.3) is 0 Å². The monoisotopic (exact) mass is 215 g/mol. The summed E-state index contributed by atoms with van der Waals surface area (Å²) < 4.78 is 0. The molecule has 1 N–H and O–H groups in total. The smallest absolute Gasteiger partial charge is 0.326 e. The lowest BCUT2D eigenvalue weighted by atomic mass is 9.85. The summed E-state index contributed by atoms with van der Waals surface area (Å²) in [7, 11) is 0. The molecule has 1 amide bonds. The molecule has 0 bridgehead atoms. The van der Waals surface area contributed by atoms with Crippen LogP contribution in [0.2, 0.25) is 0 Å². The summed E-state index contributed by atoms with van der Waals surface area (Å²) in [5.74, 6) is -1.12. The highest BCUT2D eigenvalue weighted by molar-refractivity contribution is 5.82. The topological polar surface area (TPSA) is 57.6 Å². The van der Waals surface area contributed by atoms with Crippen LogP contribution in [-0.2, 0) is 9.59 Å². The molecule has 0 radical (unpaired) electrons. The maximum absolute atomic E-state index is 11.4. The number of carbonyl (C=O) groups excluding carboxylic acids is 1. The second-order valence-corrected chi connectivity index (χ2v) is 4.82. The first kappa shape index (κ1) is 13.9. The van der Waals surface area contributed by atoms with E-state index in [2.05, 4.69) is 0 Å². The van der Waals surface area contributed by atoms with E-state index in [1.165, 1.54) is 11.8 Å². The van der Waals surface area contributed by atoms with E-state index in [9.17, 15) is 9.59 Å². The van der Waals surface area contributed by atoms with E-state index in [0.29, 0.717) is 6.54 Å². The number of nitrogens with zero attached hydrogens (tertiary/aromatic N) is 1. The molecule has 0 aromatic rings. The number of carboxylic acids is 1. The van der Waals surface area contributed by atoms with Gasteiger partial charge in [-0.25, -0.2) is 4.79 Å². The molecule has 0 fully saturated rings. The molecule has 0 aromatic carbocycles. The number of rotatable bonds is 4. The van der Waals surface area contributed by atoms with Crippen molar-refractivity contribution < 1.29 is 14.7 Å². The van der Waals surface area contributed by atoms with E-state index in [1.54, 1.807) is 0 Å². The minimum atomic E-state index is -0.939. The Bertz CT molecular complexity index is 243. The highest BCUT2D eigenvalue weighted by atomic mass is 16.4. The van der Waals surface area contributed by atoms with Crippen molar-refractivity contribution >= 4 is 11.9 Å². The average molecular weight is 215 g/mol. The van der Waals surface area contributed by atoms with Gasteiger partial charge in [-0.2, -0.15) is 0 Å². The molecule has 0 aliphatic rings. The van der Waals surface area contributed by atoms with Gasteiger partial charge in [-0.1, -0.05) is 27.7 Å². The van der Waals surface area contributed by atoms with Crippen LogP contribution in [-0.4, -0.2) is 34.5 Å². The first-order valence-electron chi connectivity index (χ1n) is 5.21.